The fourth-order valence-corrected chi connectivity index (χ4v) is 0.529. The van der Waals surface area contributed by atoms with Gasteiger partial charge in [0, 0.05) is 0 Å². The summed E-state index contributed by atoms with van der Waals surface area (Å²) < 4.78 is 45.6. The molecule has 6 heteroatoms. The third-order valence-electron chi connectivity index (χ3n) is 0.559. The summed E-state index contributed by atoms with van der Waals surface area (Å²) in [5, 5.41) is 0. The Hall–Kier alpha value is -0.0700. The van der Waals surface area contributed by atoms with Gasteiger partial charge in [-0.15, -0.1) is 0 Å². The van der Waals surface area contributed by atoms with Crippen molar-refractivity contribution in [3.8, 4) is 0 Å². The van der Waals surface area contributed by atoms with Crippen molar-refractivity contribution in [3.05, 3.63) is 0 Å². The maximum Gasteiger partial charge on any atom is 0.130 e. The fourth-order valence-electron chi connectivity index (χ4n) is 0.204. The van der Waals surface area contributed by atoms with Gasteiger partial charge in [-0.05, 0) is 0 Å². The van der Waals surface area contributed by atoms with E-state index in [4.69, 9.17) is 0 Å². The molecule has 0 aliphatic carbocycles. The molecule has 0 aliphatic heterocycles. The standard InChI is InChI=1S/C3H6F2O3S/c4-1-3(2-5)8-9(6)7/h3H,1-2H2,(H,6,7)/p-1. The van der Waals surface area contributed by atoms with Crippen LogP contribution in [0.5, 0.6) is 0 Å². The van der Waals surface area contributed by atoms with Gasteiger partial charge >= 0.3 is 0 Å². The van der Waals surface area contributed by atoms with Gasteiger partial charge < -0.3 is 4.55 Å². The molecule has 0 amide bonds. The predicted octanol–water partition coefficient (Wildman–Crippen LogP) is 0.105. The van der Waals surface area contributed by atoms with Crippen LogP contribution in [-0.4, -0.2) is 28.2 Å². The molecule has 0 N–H and O–H groups in total. The lowest BCUT2D eigenvalue weighted by molar-refractivity contribution is 0.135. The molecule has 0 saturated heterocycles. The lowest BCUT2D eigenvalue weighted by Gasteiger charge is -2.10. The van der Waals surface area contributed by atoms with Crippen LogP contribution in [0, 0.1) is 0 Å². The molecule has 1 unspecified atom stereocenters. The molecule has 56 valence electrons. The van der Waals surface area contributed by atoms with E-state index in [1.807, 2.05) is 0 Å². The predicted molar refractivity (Wildman–Crippen MR) is 25.7 cm³/mol. The quantitative estimate of drug-likeness (QED) is 0.547. The summed E-state index contributed by atoms with van der Waals surface area (Å²) in [5.74, 6) is 0. The van der Waals surface area contributed by atoms with Crippen LogP contribution in [0.4, 0.5) is 8.78 Å². The third-order valence-corrected chi connectivity index (χ3v) is 0.988. The average molecular weight is 159 g/mol. The van der Waals surface area contributed by atoms with E-state index in [1.165, 1.54) is 0 Å². The molecular weight excluding hydrogens is 154 g/mol. The second kappa shape index (κ2) is 4.78. The molecule has 0 radical (unpaired) electrons. The molecule has 9 heavy (non-hydrogen) atoms. The van der Waals surface area contributed by atoms with Gasteiger partial charge in [0.25, 0.3) is 0 Å². The number of hydrogen-bond donors (Lipinski definition) is 0. The second-order valence-electron chi connectivity index (χ2n) is 1.23. The first-order chi connectivity index (χ1) is 4.20. The minimum absolute atomic E-state index is 1.13. The molecule has 0 heterocycles. The number of halogens is 2. The summed E-state index contributed by atoms with van der Waals surface area (Å²) >= 11 is -2.83. The molecule has 0 rings (SSSR count). The Kier molecular flexibility index (Phi) is 4.74. The van der Waals surface area contributed by atoms with Crippen LogP contribution in [0.1, 0.15) is 0 Å². The monoisotopic (exact) mass is 159 g/mol. The van der Waals surface area contributed by atoms with E-state index in [2.05, 4.69) is 4.18 Å². The molecule has 0 aromatic rings. The van der Waals surface area contributed by atoms with E-state index < -0.39 is 30.8 Å². The molecule has 0 aromatic carbocycles. The first-order valence-corrected chi connectivity index (χ1v) is 3.09. The van der Waals surface area contributed by atoms with Gasteiger partial charge in [-0.1, -0.05) is 0 Å². The van der Waals surface area contributed by atoms with Crippen LogP contribution in [-0.2, 0) is 15.5 Å². The molecule has 3 nitrogen and oxygen atoms in total. The largest absolute Gasteiger partial charge is 0.750 e. The smallest absolute Gasteiger partial charge is 0.130 e. The molecule has 0 saturated carbocycles. The molecule has 0 bridgehead atoms. The summed E-state index contributed by atoms with van der Waals surface area (Å²) in [4.78, 5) is 0. The Morgan fingerprint density at radius 1 is 1.56 bits per heavy atom. The maximum absolute atomic E-state index is 11.4. The highest BCUT2D eigenvalue weighted by molar-refractivity contribution is 7.74. The van der Waals surface area contributed by atoms with Crippen LogP contribution in [0.2, 0.25) is 0 Å². The van der Waals surface area contributed by atoms with Gasteiger partial charge in [-0.3, -0.25) is 4.18 Å². The van der Waals surface area contributed by atoms with Crippen LogP contribution < -0.4 is 0 Å². The van der Waals surface area contributed by atoms with Crippen molar-refractivity contribution in [2.45, 2.75) is 6.10 Å². The van der Waals surface area contributed by atoms with E-state index >= 15 is 0 Å². The summed E-state index contributed by atoms with van der Waals surface area (Å²) in [7, 11) is 0. The number of hydrogen-bond acceptors (Lipinski definition) is 3. The van der Waals surface area contributed by atoms with Crippen molar-refractivity contribution < 1.29 is 21.7 Å². The zero-order valence-corrected chi connectivity index (χ0v) is 5.20. The minimum Gasteiger partial charge on any atom is -0.750 e. The average Bonchev–Trinajstić information content (AvgIpc) is 1.82. The molecule has 0 aliphatic rings. The Balaban J connectivity index is 3.43. The van der Waals surface area contributed by atoms with E-state index in [9.17, 15) is 17.5 Å². The van der Waals surface area contributed by atoms with Crippen LogP contribution >= 0.6 is 0 Å². The highest BCUT2D eigenvalue weighted by atomic mass is 32.2. The van der Waals surface area contributed by atoms with Gasteiger partial charge in [-0.25, -0.2) is 13.0 Å². The maximum atomic E-state index is 11.4. The second-order valence-corrected chi connectivity index (χ2v) is 1.83. The molecule has 0 fully saturated rings. The summed E-state index contributed by atoms with van der Waals surface area (Å²) in [6.45, 7) is -2.27. The third kappa shape index (κ3) is 4.43. The van der Waals surface area contributed by atoms with E-state index in [1.54, 1.807) is 0 Å². The lowest BCUT2D eigenvalue weighted by atomic mass is 10.4. The molecule has 1 atom stereocenters. The van der Waals surface area contributed by atoms with Crippen molar-refractivity contribution >= 4 is 11.4 Å². The Morgan fingerprint density at radius 2 is 2.00 bits per heavy atom. The summed E-state index contributed by atoms with van der Waals surface area (Å²) in [6.07, 6.45) is -1.47. The van der Waals surface area contributed by atoms with Gasteiger partial charge in [0.15, 0.2) is 0 Å². The van der Waals surface area contributed by atoms with Crippen molar-refractivity contribution in [1.82, 2.24) is 0 Å². The van der Waals surface area contributed by atoms with Crippen molar-refractivity contribution in [3.63, 3.8) is 0 Å². The summed E-state index contributed by atoms with van der Waals surface area (Å²) in [5.41, 5.74) is 0. The summed E-state index contributed by atoms with van der Waals surface area (Å²) in [6, 6.07) is 0. The van der Waals surface area contributed by atoms with Crippen molar-refractivity contribution in [2.24, 2.45) is 0 Å². The minimum atomic E-state index is -2.83. The molecule has 0 aromatic heterocycles. The van der Waals surface area contributed by atoms with E-state index in [0.717, 1.165) is 0 Å². The zero-order chi connectivity index (χ0) is 7.28. The van der Waals surface area contributed by atoms with E-state index in [0.29, 0.717) is 0 Å². The normalized spacial score (nSPS) is 14.2. The van der Waals surface area contributed by atoms with Gasteiger partial charge in [0.2, 0.25) is 0 Å². The molecular formula is C3H5F2O3S-. The van der Waals surface area contributed by atoms with Gasteiger partial charge in [0.1, 0.15) is 19.5 Å². The van der Waals surface area contributed by atoms with Crippen molar-refractivity contribution in [1.29, 1.82) is 0 Å². The fraction of sp³-hybridized carbons (Fsp3) is 1.00. The van der Waals surface area contributed by atoms with Crippen LogP contribution in [0.25, 0.3) is 0 Å². The Bertz CT molecular complexity index is 95.1. The zero-order valence-electron chi connectivity index (χ0n) is 4.38. The number of rotatable bonds is 4. The lowest BCUT2D eigenvalue weighted by Crippen LogP contribution is -2.18. The number of alkyl halides is 2. The first-order valence-electron chi connectivity index (χ1n) is 2.09. The Labute approximate surface area is 53.5 Å². The SMILES string of the molecule is O=S([O-])OC(CF)CF. The molecule has 0 spiro atoms. The first kappa shape index (κ1) is 8.93. The highest BCUT2D eigenvalue weighted by Gasteiger charge is 2.07. The van der Waals surface area contributed by atoms with Crippen molar-refractivity contribution in [2.75, 3.05) is 13.3 Å². The van der Waals surface area contributed by atoms with Crippen LogP contribution in [0.3, 0.4) is 0 Å². The topological polar surface area (TPSA) is 49.4 Å². The highest BCUT2D eigenvalue weighted by Crippen LogP contribution is 1.95. The van der Waals surface area contributed by atoms with Crippen LogP contribution in [0.15, 0.2) is 0 Å². The van der Waals surface area contributed by atoms with Gasteiger partial charge in [0.05, 0.1) is 11.4 Å². The van der Waals surface area contributed by atoms with Gasteiger partial charge in [-0.2, -0.15) is 0 Å². The van der Waals surface area contributed by atoms with E-state index in [-0.39, 0.29) is 0 Å². The Morgan fingerprint density at radius 3 is 2.11 bits per heavy atom.